The predicted octanol–water partition coefficient (Wildman–Crippen LogP) is 1.91. The fourth-order valence-corrected chi connectivity index (χ4v) is 3.81. The maximum Gasteiger partial charge on any atom is 0.272 e. The molecule has 0 atom stereocenters. The van der Waals surface area contributed by atoms with Gasteiger partial charge in [-0.15, -0.1) is 0 Å². The molecule has 22 heavy (non-hydrogen) atoms. The summed E-state index contributed by atoms with van der Waals surface area (Å²) in [6.45, 7) is 0.383. The largest absolute Gasteiger partial charge is 0.330 e. The summed E-state index contributed by atoms with van der Waals surface area (Å²) in [5, 5.41) is 0.702. The van der Waals surface area contributed by atoms with E-state index in [1.807, 2.05) is 0 Å². The highest BCUT2D eigenvalue weighted by Crippen LogP contribution is 2.25. The third kappa shape index (κ3) is 2.28. The smallest absolute Gasteiger partial charge is 0.272 e. The van der Waals surface area contributed by atoms with Crippen molar-refractivity contribution in [2.75, 3.05) is 6.54 Å². The third-order valence-corrected chi connectivity index (χ3v) is 5.08. The zero-order chi connectivity index (χ0) is 15.7. The first-order valence-electron chi connectivity index (χ1n) is 6.71. The normalized spacial score (nSPS) is 11.9. The van der Waals surface area contributed by atoms with Crippen LogP contribution in [0.4, 0.5) is 4.39 Å². The minimum Gasteiger partial charge on any atom is -0.330 e. The molecule has 0 spiro atoms. The molecule has 0 bridgehead atoms. The first-order chi connectivity index (χ1) is 10.6. The number of hydrogen-bond donors (Lipinski definition) is 1. The lowest BCUT2D eigenvalue weighted by Crippen LogP contribution is -2.14. The van der Waals surface area contributed by atoms with E-state index in [1.54, 1.807) is 12.1 Å². The van der Waals surface area contributed by atoms with Gasteiger partial charge in [-0.2, -0.15) is 0 Å². The molecule has 2 heterocycles. The van der Waals surface area contributed by atoms with Gasteiger partial charge in [0.1, 0.15) is 10.7 Å². The van der Waals surface area contributed by atoms with Gasteiger partial charge in [-0.25, -0.2) is 21.8 Å². The Morgan fingerprint density at radius 1 is 1.18 bits per heavy atom. The van der Waals surface area contributed by atoms with Gasteiger partial charge in [0.05, 0.1) is 0 Å². The van der Waals surface area contributed by atoms with Crippen LogP contribution in [0.3, 0.4) is 0 Å². The van der Waals surface area contributed by atoms with E-state index in [4.69, 9.17) is 5.73 Å². The summed E-state index contributed by atoms with van der Waals surface area (Å²) in [5.41, 5.74) is 6.61. The Morgan fingerprint density at radius 2 is 1.95 bits per heavy atom. The van der Waals surface area contributed by atoms with Gasteiger partial charge in [-0.1, -0.05) is 12.1 Å². The lowest BCUT2D eigenvalue weighted by molar-refractivity contribution is 0.562. The fraction of sp³-hybridized carbons (Fsp3) is 0.133. The Hall–Kier alpha value is -2.25. The lowest BCUT2D eigenvalue weighted by Gasteiger charge is -2.07. The summed E-state index contributed by atoms with van der Waals surface area (Å²) >= 11 is 0. The number of pyridine rings is 1. The molecule has 0 fully saturated rings. The summed E-state index contributed by atoms with van der Waals surface area (Å²) in [4.78, 5) is 3.75. The van der Waals surface area contributed by atoms with Crippen molar-refractivity contribution in [2.24, 2.45) is 5.73 Å². The molecule has 5 nitrogen and oxygen atoms in total. The molecule has 3 aromatic rings. The SMILES string of the molecule is NCCc1cn(S(=O)(=O)c2ccccc2F)c2ncccc12. The summed E-state index contributed by atoms with van der Waals surface area (Å²) in [6, 6.07) is 8.79. The van der Waals surface area contributed by atoms with Crippen molar-refractivity contribution in [3.8, 4) is 0 Å². The minimum absolute atomic E-state index is 0.272. The molecule has 0 amide bonds. The Bertz CT molecular complexity index is 935. The maximum atomic E-state index is 13.9. The number of rotatable bonds is 4. The quantitative estimate of drug-likeness (QED) is 0.797. The Kier molecular flexibility index (Phi) is 3.67. The molecule has 1 aromatic carbocycles. The molecule has 0 saturated heterocycles. The highest BCUT2D eigenvalue weighted by atomic mass is 32.2. The van der Waals surface area contributed by atoms with Crippen LogP contribution in [0.2, 0.25) is 0 Å². The first kappa shape index (κ1) is 14.7. The molecule has 7 heteroatoms. The molecule has 114 valence electrons. The van der Waals surface area contributed by atoms with Crippen molar-refractivity contribution >= 4 is 21.1 Å². The molecular formula is C15H14FN3O2S. The van der Waals surface area contributed by atoms with Gasteiger partial charge in [-0.05, 0) is 42.8 Å². The van der Waals surface area contributed by atoms with Crippen molar-refractivity contribution in [3.63, 3.8) is 0 Å². The topological polar surface area (TPSA) is 78.0 Å². The van der Waals surface area contributed by atoms with Crippen molar-refractivity contribution in [2.45, 2.75) is 11.3 Å². The van der Waals surface area contributed by atoms with E-state index in [-0.39, 0.29) is 10.5 Å². The minimum atomic E-state index is -4.06. The number of nitrogens with zero attached hydrogens (tertiary/aromatic N) is 2. The van der Waals surface area contributed by atoms with E-state index < -0.39 is 15.8 Å². The first-order valence-corrected chi connectivity index (χ1v) is 8.15. The number of aromatic nitrogens is 2. The molecule has 0 aliphatic rings. The molecular weight excluding hydrogens is 305 g/mol. The van der Waals surface area contributed by atoms with E-state index in [0.717, 1.165) is 15.6 Å². The van der Waals surface area contributed by atoms with Crippen LogP contribution >= 0.6 is 0 Å². The van der Waals surface area contributed by atoms with E-state index in [2.05, 4.69) is 4.98 Å². The van der Waals surface area contributed by atoms with Crippen LogP contribution in [0.15, 0.2) is 53.7 Å². The van der Waals surface area contributed by atoms with Gasteiger partial charge in [0.15, 0.2) is 5.65 Å². The number of benzene rings is 1. The van der Waals surface area contributed by atoms with Gasteiger partial charge in [0.25, 0.3) is 10.0 Å². The monoisotopic (exact) mass is 319 g/mol. The van der Waals surface area contributed by atoms with Crippen LogP contribution in [0, 0.1) is 5.82 Å². The van der Waals surface area contributed by atoms with E-state index >= 15 is 0 Å². The van der Waals surface area contributed by atoms with Crippen LogP contribution in [0.5, 0.6) is 0 Å². The van der Waals surface area contributed by atoms with Crippen LogP contribution in [-0.4, -0.2) is 23.9 Å². The zero-order valence-electron chi connectivity index (χ0n) is 11.6. The van der Waals surface area contributed by atoms with E-state index in [0.29, 0.717) is 18.4 Å². The molecule has 0 aliphatic heterocycles. The molecule has 2 aromatic heterocycles. The molecule has 0 aliphatic carbocycles. The number of nitrogens with two attached hydrogens (primary N) is 1. The number of fused-ring (bicyclic) bond motifs is 1. The van der Waals surface area contributed by atoms with Crippen molar-refractivity contribution in [1.82, 2.24) is 8.96 Å². The number of halogens is 1. The van der Waals surface area contributed by atoms with Crippen molar-refractivity contribution in [1.29, 1.82) is 0 Å². The van der Waals surface area contributed by atoms with Crippen LogP contribution in [0.25, 0.3) is 11.0 Å². The molecule has 3 rings (SSSR count). The average molecular weight is 319 g/mol. The van der Waals surface area contributed by atoms with Gasteiger partial charge in [-0.3, -0.25) is 0 Å². The fourth-order valence-electron chi connectivity index (χ4n) is 2.39. The Balaban J connectivity index is 2.28. The Labute approximate surface area is 127 Å². The van der Waals surface area contributed by atoms with Gasteiger partial charge >= 0.3 is 0 Å². The van der Waals surface area contributed by atoms with E-state index in [9.17, 15) is 12.8 Å². The second-order valence-corrected chi connectivity index (χ2v) is 6.58. The average Bonchev–Trinajstić information content (AvgIpc) is 2.88. The number of hydrogen-bond acceptors (Lipinski definition) is 4. The highest BCUT2D eigenvalue weighted by Gasteiger charge is 2.24. The lowest BCUT2D eigenvalue weighted by atomic mass is 10.2. The highest BCUT2D eigenvalue weighted by molar-refractivity contribution is 7.90. The zero-order valence-corrected chi connectivity index (χ0v) is 12.4. The van der Waals surface area contributed by atoms with Gasteiger partial charge < -0.3 is 5.73 Å². The maximum absolute atomic E-state index is 13.9. The molecule has 0 unspecified atom stereocenters. The molecule has 2 N–H and O–H groups in total. The summed E-state index contributed by atoms with van der Waals surface area (Å²) in [6.07, 6.45) is 3.48. The van der Waals surface area contributed by atoms with Crippen LogP contribution < -0.4 is 5.73 Å². The summed E-state index contributed by atoms with van der Waals surface area (Å²) in [5.74, 6) is -0.791. The predicted molar refractivity (Wildman–Crippen MR) is 81.5 cm³/mol. The van der Waals surface area contributed by atoms with Crippen LogP contribution in [0.1, 0.15) is 5.56 Å². The molecule has 0 radical (unpaired) electrons. The van der Waals surface area contributed by atoms with Gasteiger partial charge in [0, 0.05) is 17.8 Å². The summed E-state index contributed by atoms with van der Waals surface area (Å²) < 4.78 is 40.4. The second-order valence-electron chi connectivity index (χ2n) is 4.80. The molecule has 0 saturated carbocycles. The second kappa shape index (κ2) is 5.51. The Morgan fingerprint density at radius 3 is 2.68 bits per heavy atom. The van der Waals surface area contributed by atoms with Crippen molar-refractivity contribution in [3.05, 3.63) is 60.2 Å². The standard InChI is InChI=1S/C15H14FN3O2S/c16-13-5-1-2-6-14(13)22(20,21)19-10-11(7-8-17)12-4-3-9-18-15(12)19/h1-6,9-10H,7-8,17H2. The van der Waals surface area contributed by atoms with Crippen LogP contribution in [-0.2, 0) is 16.4 Å². The third-order valence-electron chi connectivity index (χ3n) is 3.40. The van der Waals surface area contributed by atoms with Gasteiger partial charge in [0.2, 0.25) is 0 Å². The summed E-state index contributed by atoms with van der Waals surface area (Å²) in [7, 11) is -4.06. The van der Waals surface area contributed by atoms with E-state index in [1.165, 1.54) is 30.6 Å². The van der Waals surface area contributed by atoms with Crippen molar-refractivity contribution < 1.29 is 12.8 Å².